The number of likely N-dealkylation sites (tertiary alicyclic amines) is 4. The van der Waals surface area contributed by atoms with Crippen LogP contribution in [0.25, 0.3) is 0 Å². The monoisotopic (exact) mass is 320 g/mol. The highest BCUT2D eigenvalue weighted by molar-refractivity contribution is 5.02. The molecule has 4 heteroatoms. The quantitative estimate of drug-likeness (QED) is 0.780. The minimum Gasteiger partial charge on any atom is -0.303 e. The molecule has 4 nitrogen and oxygen atoms in total. The van der Waals surface area contributed by atoms with Crippen LogP contribution in [0.3, 0.4) is 0 Å². The van der Waals surface area contributed by atoms with E-state index in [1.807, 2.05) is 0 Å². The van der Waals surface area contributed by atoms with E-state index in [-0.39, 0.29) is 0 Å². The Hall–Kier alpha value is -0.160. The van der Waals surface area contributed by atoms with Crippen LogP contribution >= 0.6 is 0 Å². The summed E-state index contributed by atoms with van der Waals surface area (Å²) >= 11 is 0. The molecule has 0 aromatic rings. The van der Waals surface area contributed by atoms with Gasteiger partial charge in [-0.2, -0.15) is 0 Å². The minimum absolute atomic E-state index is 0.503. The first-order valence-electron chi connectivity index (χ1n) is 9.81. The molecule has 23 heavy (non-hydrogen) atoms. The van der Waals surface area contributed by atoms with Gasteiger partial charge in [-0.3, -0.25) is 14.7 Å². The average molecular weight is 321 g/mol. The van der Waals surface area contributed by atoms with Crippen LogP contribution in [0.15, 0.2) is 0 Å². The molecule has 0 spiro atoms. The van der Waals surface area contributed by atoms with Gasteiger partial charge in [0.1, 0.15) is 0 Å². The van der Waals surface area contributed by atoms with Crippen molar-refractivity contribution in [2.24, 2.45) is 11.3 Å². The zero-order valence-electron chi connectivity index (χ0n) is 15.7. The van der Waals surface area contributed by atoms with Gasteiger partial charge in [-0.15, -0.1) is 0 Å². The van der Waals surface area contributed by atoms with E-state index >= 15 is 0 Å². The number of hydrogen-bond acceptors (Lipinski definition) is 4. The first kappa shape index (κ1) is 16.3. The fourth-order valence-electron chi connectivity index (χ4n) is 5.06. The molecular formula is C19H36N4. The second-order valence-corrected chi connectivity index (χ2v) is 9.77. The van der Waals surface area contributed by atoms with Gasteiger partial charge in [-0.25, -0.2) is 0 Å². The summed E-state index contributed by atoms with van der Waals surface area (Å²) in [6.45, 7) is 17.8. The van der Waals surface area contributed by atoms with Crippen LogP contribution in [0.2, 0.25) is 0 Å². The molecule has 0 aromatic carbocycles. The van der Waals surface area contributed by atoms with Crippen LogP contribution < -0.4 is 0 Å². The second-order valence-electron chi connectivity index (χ2n) is 9.77. The lowest BCUT2D eigenvalue weighted by molar-refractivity contribution is -0.0895. The molecule has 4 heterocycles. The van der Waals surface area contributed by atoms with Crippen LogP contribution in [0.1, 0.15) is 33.6 Å². The van der Waals surface area contributed by atoms with E-state index in [2.05, 4.69) is 47.4 Å². The third-order valence-electron chi connectivity index (χ3n) is 7.13. The first-order chi connectivity index (χ1) is 10.9. The van der Waals surface area contributed by atoms with Gasteiger partial charge in [0.15, 0.2) is 0 Å². The number of rotatable bonds is 3. The molecule has 4 rings (SSSR count). The third kappa shape index (κ3) is 3.20. The maximum absolute atomic E-state index is 2.79. The highest BCUT2D eigenvalue weighted by atomic mass is 15.4. The number of nitrogens with zero attached hydrogens (tertiary/aromatic N) is 4. The summed E-state index contributed by atoms with van der Waals surface area (Å²) in [4.78, 5) is 10.7. The fourth-order valence-corrected chi connectivity index (χ4v) is 5.06. The molecule has 0 saturated carbocycles. The second kappa shape index (κ2) is 5.98. The molecule has 0 bridgehead atoms. The van der Waals surface area contributed by atoms with Crippen LogP contribution in [0.4, 0.5) is 0 Å². The van der Waals surface area contributed by atoms with Gasteiger partial charge in [0.2, 0.25) is 0 Å². The van der Waals surface area contributed by atoms with Crippen molar-refractivity contribution in [1.82, 2.24) is 19.6 Å². The number of hydrogen-bond donors (Lipinski definition) is 0. The van der Waals surface area contributed by atoms with Crippen molar-refractivity contribution in [2.75, 3.05) is 59.4 Å². The van der Waals surface area contributed by atoms with E-state index in [1.54, 1.807) is 0 Å². The lowest BCUT2D eigenvalue weighted by Gasteiger charge is -2.58. The topological polar surface area (TPSA) is 13.0 Å². The van der Waals surface area contributed by atoms with Crippen molar-refractivity contribution >= 4 is 0 Å². The molecule has 0 aliphatic carbocycles. The molecular weight excluding hydrogens is 284 g/mol. The summed E-state index contributed by atoms with van der Waals surface area (Å²) in [5.74, 6) is 0.927. The van der Waals surface area contributed by atoms with Gasteiger partial charge in [0.05, 0.1) is 0 Å². The average Bonchev–Trinajstić information content (AvgIpc) is 2.36. The van der Waals surface area contributed by atoms with E-state index in [0.29, 0.717) is 5.41 Å². The third-order valence-corrected chi connectivity index (χ3v) is 7.13. The summed E-state index contributed by atoms with van der Waals surface area (Å²) in [5.41, 5.74) is 0.503. The van der Waals surface area contributed by atoms with Gasteiger partial charge in [-0.1, -0.05) is 20.8 Å². The smallest absolute Gasteiger partial charge is 0.0352 e. The van der Waals surface area contributed by atoms with E-state index in [1.165, 1.54) is 65.2 Å². The molecule has 0 atom stereocenters. The van der Waals surface area contributed by atoms with Crippen molar-refractivity contribution in [3.05, 3.63) is 0 Å². The van der Waals surface area contributed by atoms with Gasteiger partial charge >= 0.3 is 0 Å². The Balaban J connectivity index is 1.15. The molecule has 4 fully saturated rings. The summed E-state index contributed by atoms with van der Waals surface area (Å²) in [6, 6.07) is 2.59. The van der Waals surface area contributed by atoms with Crippen molar-refractivity contribution in [3.63, 3.8) is 0 Å². The fraction of sp³-hybridized carbons (Fsp3) is 1.00. The molecule has 0 amide bonds. The molecule has 4 aliphatic heterocycles. The van der Waals surface area contributed by atoms with Crippen molar-refractivity contribution in [3.8, 4) is 0 Å². The lowest BCUT2D eigenvalue weighted by atomic mass is 9.75. The molecule has 0 N–H and O–H groups in total. The van der Waals surface area contributed by atoms with Gasteiger partial charge < -0.3 is 4.90 Å². The Labute approximate surface area is 142 Å². The van der Waals surface area contributed by atoms with E-state index in [4.69, 9.17) is 0 Å². The zero-order chi connectivity index (χ0) is 16.2. The van der Waals surface area contributed by atoms with E-state index in [9.17, 15) is 0 Å². The van der Waals surface area contributed by atoms with Crippen molar-refractivity contribution in [1.29, 1.82) is 0 Å². The van der Waals surface area contributed by atoms with E-state index < -0.39 is 0 Å². The number of piperidine rings is 1. The van der Waals surface area contributed by atoms with Gasteiger partial charge in [-0.05, 0) is 44.3 Å². The first-order valence-corrected chi connectivity index (χ1v) is 9.81. The highest BCUT2D eigenvalue weighted by Gasteiger charge is 2.44. The van der Waals surface area contributed by atoms with E-state index in [0.717, 1.165) is 24.0 Å². The Morgan fingerprint density at radius 3 is 1.52 bits per heavy atom. The van der Waals surface area contributed by atoms with Gasteiger partial charge in [0, 0.05) is 57.4 Å². The minimum atomic E-state index is 0.503. The molecule has 4 aliphatic rings. The predicted molar refractivity (Wildman–Crippen MR) is 95.8 cm³/mol. The zero-order valence-corrected chi connectivity index (χ0v) is 15.7. The SMILES string of the molecule is CN1CC(N2CC(N3CC(N4CCC(C(C)(C)C)CC4)C3)C2)C1. The molecule has 0 aromatic heterocycles. The Bertz CT molecular complexity index is 406. The summed E-state index contributed by atoms with van der Waals surface area (Å²) in [6.07, 6.45) is 2.82. The molecule has 4 saturated heterocycles. The largest absolute Gasteiger partial charge is 0.303 e. The summed E-state index contributed by atoms with van der Waals surface area (Å²) < 4.78 is 0. The normalized spacial score (nSPS) is 31.8. The Morgan fingerprint density at radius 1 is 0.652 bits per heavy atom. The summed E-state index contributed by atoms with van der Waals surface area (Å²) in [5, 5.41) is 0. The van der Waals surface area contributed by atoms with Crippen LogP contribution in [0.5, 0.6) is 0 Å². The maximum atomic E-state index is 2.79. The van der Waals surface area contributed by atoms with Crippen LogP contribution in [-0.4, -0.2) is 97.1 Å². The van der Waals surface area contributed by atoms with Crippen LogP contribution in [-0.2, 0) is 0 Å². The summed E-state index contributed by atoms with van der Waals surface area (Å²) in [7, 11) is 2.23. The standard InChI is InChI=1S/C19H36N4/c1-19(2,3)15-5-7-21(8-6-15)17-11-23(12-17)18-13-22(14-18)16-9-20(4)10-16/h15-18H,5-14H2,1-4H3. The van der Waals surface area contributed by atoms with Gasteiger partial charge in [0.25, 0.3) is 0 Å². The highest BCUT2D eigenvalue weighted by Crippen LogP contribution is 2.36. The van der Waals surface area contributed by atoms with Crippen molar-refractivity contribution in [2.45, 2.75) is 51.7 Å². The van der Waals surface area contributed by atoms with Crippen LogP contribution in [0, 0.1) is 11.3 Å². The maximum Gasteiger partial charge on any atom is 0.0352 e. The Kier molecular flexibility index (Phi) is 4.24. The Morgan fingerprint density at radius 2 is 1.09 bits per heavy atom. The number of likely N-dealkylation sites (N-methyl/N-ethyl adjacent to an activating group) is 1. The molecule has 0 unspecified atom stereocenters. The predicted octanol–water partition coefficient (Wildman–Crippen LogP) is 1.43. The molecule has 132 valence electrons. The lowest BCUT2D eigenvalue weighted by Crippen LogP contribution is -2.73. The molecule has 0 radical (unpaired) electrons. The van der Waals surface area contributed by atoms with Crippen molar-refractivity contribution < 1.29 is 0 Å².